The predicted molar refractivity (Wildman–Crippen MR) is 79.0 cm³/mol. The van der Waals surface area contributed by atoms with Crippen LogP contribution < -0.4 is 0 Å². The molecule has 1 aromatic heterocycles. The molecule has 1 heterocycles. The predicted octanol–water partition coefficient (Wildman–Crippen LogP) is 2.60. The Morgan fingerprint density at radius 3 is 2.50 bits per heavy atom. The van der Waals surface area contributed by atoms with Gasteiger partial charge in [0.05, 0.1) is 30.4 Å². The van der Waals surface area contributed by atoms with E-state index in [2.05, 4.69) is 4.98 Å². The molecule has 0 radical (unpaired) electrons. The van der Waals surface area contributed by atoms with Crippen LogP contribution in [0.4, 0.5) is 0 Å². The standard InChI is InChI=1S/C16H20N2O4/c1-5-21-14(19)11-6-7-13(18-10-11)12(8-9-17)15(20)22-16(2,3)4/h6-7,10,12H,5,8H2,1-4H3. The zero-order valence-electron chi connectivity index (χ0n) is 13.3. The highest BCUT2D eigenvalue weighted by Gasteiger charge is 2.27. The monoisotopic (exact) mass is 304 g/mol. The quantitative estimate of drug-likeness (QED) is 0.777. The van der Waals surface area contributed by atoms with Gasteiger partial charge in [-0.1, -0.05) is 0 Å². The minimum atomic E-state index is -0.777. The van der Waals surface area contributed by atoms with Crippen LogP contribution >= 0.6 is 0 Å². The van der Waals surface area contributed by atoms with Gasteiger partial charge in [-0.15, -0.1) is 0 Å². The van der Waals surface area contributed by atoms with Crippen LogP contribution in [0.2, 0.25) is 0 Å². The third-order valence-electron chi connectivity index (χ3n) is 2.64. The normalized spacial score (nSPS) is 12.1. The highest BCUT2D eigenvalue weighted by Crippen LogP contribution is 2.22. The molecule has 1 aromatic rings. The molecular formula is C16H20N2O4. The van der Waals surface area contributed by atoms with Crippen LogP contribution in [0.25, 0.3) is 0 Å². The number of nitriles is 1. The van der Waals surface area contributed by atoms with Crippen molar-refractivity contribution in [2.45, 2.75) is 45.6 Å². The average molecular weight is 304 g/mol. The Hall–Kier alpha value is -2.42. The van der Waals surface area contributed by atoms with Crippen molar-refractivity contribution in [2.75, 3.05) is 6.61 Å². The summed E-state index contributed by atoms with van der Waals surface area (Å²) in [6.45, 7) is 7.25. The number of nitrogens with zero attached hydrogens (tertiary/aromatic N) is 2. The van der Waals surface area contributed by atoms with E-state index in [1.807, 2.05) is 6.07 Å². The molecule has 1 rings (SSSR count). The average Bonchev–Trinajstić information content (AvgIpc) is 2.43. The van der Waals surface area contributed by atoms with Crippen LogP contribution in [0.5, 0.6) is 0 Å². The molecule has 1 unspecified atom stereocenters. The van der Waals surface area contributed by atoms with E-state index in [9.17, 15) is 9.59 Å². The second-order valence-corrected chi connectivity index (χ2v) is 5.64. The lowest BCUT2D eigenvalue weighted by Gasteiger charge is -2.22. The largest absolute Gasteiger partial charge is 0.462 e. The number of carbonyl (C=O) groups is 2. The van der Waals surface area contributed by atoms with Gasteiger partial charge >= 0.3 is 11.9 Å². The Kier molecular flexibility index (Phi) is 6.05. The summed E-state index contributed by atoms with van der Waals surface area (Å²) in [6.07, 6.45) is 1.29. The van der Waals surface area contributed by atoms with E-state index >= 15 is 0 Å². The van der Waals surface area contributed by atoms with Crippen molar-refractivity contribution in [3.05, 3.63) is 29.6 Å². The fourth-order valence-electron chi connectivity index (χ4n) is 1.72. The number of ether oxygens (including phenoxy) is 2. The molecule has 1 atom stereocenters. The molecule has 6 heteroatoms. The van der Waals surface area contributed by atoms with Crippen molar-refractivity contribution in [3.63, 3.8) is 0 Å². The molecule has 0 bridgehead atoms. The lowest BCUT2D eigenvalue weighted by Crippen LogP contribution is -2.28. The summed E-state index contributed by atoms with van der Waals surface area (Å²) in [5.74, 6) is -1.76. The second kappa shape index (κ2) is 7.55. The van der Waals surface area contributed by atoms with Crippen LogP contribution in [-0.4, -0.2) is 29.1 Å². The zero-order valence-corrected chi connectivity index (χ0v) is 13.3. The number of hydrogen-bond donors (Lipinski definition) is 0. The molecule has 0 saturated heterocycles. The van der Waals surface area contributed by atoms with E-state index in [1.54, 1.807) is 27.7 Å². The SMILES string of the molecule is CCOC(=O)c1ccc(C(CC#N)C(=O)OC(C)(C)C)nc1. The molecule has 0 aromatic carbocycles. The molecule has 0 amide bonds. The number of esters is 2. The van der Waals surface area contributed by atoms with Gasteiger partial charge in [0, 0.05) is 6.20 Å². The van der Waals surface area contributed by atoms with Gasteiger partial charge in [-0.25, -0.2) is 4.79 Å². The number of carbonyl (C=O) groups excluding carboxylic acids is 2. The Balaban J connectivity index is 2.95. The van der Waals surface area contributed by atoms with E-state index in [4.69, 9.17) is 14.7 Å². The van der Waals surface area contributed by atoms with Crippen molar-refractivity contribution in [1.82, 2.24) is 4.98 Å². The van der Waals surface area contributed by atoms with Gasteiger partial charge in [-0.05, 0) is 39.8 Å². The third-order valence-corrected chi connectivity index (χ3v) is 2.64. The maximum Gasteiger partial charge on any atom is 0.339 e. The maximum absolute atomic E-state index is 12.2. The first-order valence-electron chi connectivity index (χ1n) is 7.01. The van der Waals surface area contributed by atoms with Crippen molar-refractivity contribution < 1.29 is 19.1 Å². The van der Waals surface area contributed by atoms with Gasteiger partial charge in [0.15, 0.2) is 0 Å². The van der Waals surface area contributed by atoms with Crippen molar-refractivity contribution in [2.24, 2.45) is 0 Å². The molecule has 0 saturated carbocycles. The van der Waals surface area contributed by atoms with E-state index in [0.29, 0.717) is 11.3 Å². The van der Waals surface area contributed by atoms with Crippen molar-refractivity contribution >= 4 is 11.9 Å². The lowest BCUT2D eigenvalue weighted by atomic mass is 10.0. The molecule has 0 fully saturated rings. The molecule has 0 N–H and O–H groups in total. The van der Waals surface area contributed by atoms with Gasteiger partial charge in [0.1, 0.15) is 11.5 Å². The van der Waals surface area contributed by atoms with Crippen molar-refractivity contribution in [3.8, 4) is 6.07 Å². The van der Waals surface area contributed by atoms with E-state index in [-0.39, 0.29) is 13.0 Å². The van der Waals surface area contributed by atoms with Crippen LogP contribution in [0.3, 0.4) is 0 Å². The molecule has 118 valence electrons. The topological polar surface area (TPSA) is 89.3 Å². The molecule has 0 aliphatic carbocycles. The summed E-state index contributed by atoms with van der Waals surface area (Å²) < 4.78 is 10.2. The van der Waals surface area contributed by atoms with Crippen LogP contribution in [0.15, 0.2) is 18.3 Å². The number of hydrogen-bond acceptors (Lipinski definition) is 6. The van der Waals surface area contributed by atoms with Crippen LogP contribution in [0, 0.1) is 11.3 Å². The van der Waals surface area contributed by atoms with Crippen LogP contribution in [-0.2, 0) is 14.3 Å². The summed E-state index contributed by atoms with van der Waals surface area (Å²) in [4.78, 5) is 27.8. The second-order valence-electron chi connectivity index (χ2n) is 5.64. The Morgan fingerprint density at radius 2 is 2.05 bits per heavy atom. The number of pyridine rings is 1. The number of rotatable bonds is 5. The van der Waals surface area contributed by atoms with E-state index < -0.39 is 23.5 Å². The molecule has 22 heavy (non-hydrogen) atoms. The Labute approximate surface area is 130 Å². The highest BCUT2D eigenvalue weighted by atomic mass is 16.6. The fourth-order valence-corrected chi connectivity index (χ4v) is 1.72. The molecule has 0 aliphatic rings. The fraction of sp³-hybridized carbons (Fsp3) is 0.500. The zero-order chi connectivity index (χ0) is 16.8. The lowest BCUT2D eigenvalue weighted by molar-refractivity contribution is -0.156. The van der Waals surface area contributed by atoms with Gasteiger partial charge in [0.2, 0.25) is 0 Å². The molecule has 0 spiro atoms. The first-order valence-corrected chi connectivity index (χ1v) is 7.01. The molecule has 6 nitrogen and oxygen atoms in total. The summed E-state index contributed by atoms with van der Waals surface area (Å²) in [7, 11) is 0. The number of aromatic nitrogens is 1. The summed E-state index contributed by atoms with van der Waals surface area (Å²) in [6, 6.07) is 5.02. The maximum atomic E-state index is 12.2. The first-order chi connectivity index (χ1) is 10.3. The van der Waals surface area contributed by atoms with Gasteiger partial charge in [0.25, 0.3) is 0 Å². The first kappa shape index (κ1) is 17.6. The Morgan fingerprint density at radius 1 is 1.36 bits per heavy atom. The summed E-state index contributed by atoms with van der Waals surface area (Å²) >= 11 is 0. The van der Waals surface area contributed by atoms with Crippen molar-refractivity contribution in [1.29, 1.82) is 5.26 Å². The van der Waals surface area contributed by atoms with Gasteiger partial charge in [-0.3, -0.25) is 9.78 Å². The van der Waals surface area contributed by atoms with E-state index in [1.165, 1.54) is 18.3 Å². The smallest absolute Gasteiger partial charge is 0.339 e. The molecule has 0 aliphatic heterocycles. The van der Waals surface area contributed by atoms with Crippen LogP contribution in [0.1, 0.15) is 56.1 Å². The minimum absolute atomic E-state index is 0.0410. The van der Waals surface area contributed by atoms with E-state index in [0.717, 1.165) is 0 Å². The summed E-state index contributed by atoms with van der Waals surface area (Å²) in [5.41, 5.74) is 0.0460. The van der Waals surface area contributed by atoms with Gasteiger partial charge in [-0.2, -0.15) is 5.26 Å². The van der Waals surface area contributed by atoms with Gasteiger partial charge < -0.3 is 9.47 Å². The minimum Gasteiger partial charge on any atom is -0.462 e. The Bertz CT molecular complexity index is 567. The molecular weight excluding hydrogens is 284 g/mol. The third kappa shape index (κ3) is 5.17. The highest BCUT2D eigenvalue weighted by molar-refractivity contribution is 5.89. The summed E-state index contributed by atoms with van der Waals surface area (Å²) in [5, 5.41) is 8.90.